The fraction of sp³-hybridized carbons (Fsp3) is 0.923. The van der Waals surface area contributed by atoms with Gasteiger partial charge >= 0.3 is 0 Å². The average Bonchev–Trinajstić information content (AvgIpc) is 2.28. The van der Waals surface area contributed by atoms with Crippen LogP contribution in [0, 0.1) is 11.8 Å². The second kappa shape index (κ2) is 5.11. The Morgan fingerprint density at radius 2 is 2.00 bits per heavy atom. The zero-order valence-electron chi connectivity index (χ0n) is 10.5. The smallest absolute Gasteiger partial charge is 0.167 e. The van der Waals surface area contributed by atoms with E-state index in [0.717, 1.165) is 38.0 Å². The predicted molar refractivity (Wildman–Crippen MR) is 61.8 cm³/mol. The van der Waals surface area contributed by atoms with Crippen LogP contribution in [-0.4, -0.2) is 18.5 Å². The van der Waals surface area contributed by atoms with Gasteiger partial charge in [0.2, 0.25) is 0 Å². The summed E-state index contributed by atoms with van der Waals surface area (Å²) in [4.78, 5) is 12.3. The van der Waals surface area contributed by atoms with Gasteiger partial charge in [0.1, 0.15) is 5.60 Å². The molecule has 0 aliphatic heterocycles. The van der Waals surface area contributed by atoms with Gasteiger partial charge in [-0.25, -0.2) is 0 Å². The Labute approximate surface area is 93.4 Å². The van der Waals surface area contributed by atoms with Crippen LogP contribution in [0.2, 0.25) is 0 Å². The Morgan fingerprint density at radius 1 is 1.47 bits per heavy atom. The fourth-order valence-electron chi connectivity index (χ4n) is 2.41. The Bertz CT molecular complexity index is 215. The first kappa shape index (κ1) is 12.7. The number of ketones is 1. The minimum Gasteiger partial charge on any atom is -0.370 e. The van der Waals surface area contributed by atoms with E-state index in [1.54, 1.807) is 7.11 Å². The quantitative estimate of drug-likeness (QED) is 0.715. The van der Waals surface area contributed by atoms with Crippen molar-refractivity contribution in [2.45, 2.75) is 58.5 Å². The Kier molecular flexibility index (Phi) is 4.32. The van der Waals surface area contributed by atoms with Crippen LogP contribution in [0.5, 0.6) is 0 Å². The second-order valence-corrected chi connectivity index (χ2v) is 5.05. The lowest BCUT2D eigenvalue weighted by atomic mass is 9.74. The van der Waals surface area contributed by atoms with Gasteiger partial charge in [-0.15, -0.1) is 0 Å². The van der Waals surface area contributed by atoms with Gasteiger partial charge < -0.3 is 4.74 Å². The molecule has 0 heterocycles. The maximum atomic E-state index is 12.3. The van der Waals surface area contributed by atoms with Crippen LogP contribution < -0.4 is 0 Å². The van der Waals surface area contributed by atoms with Crippen LogP contribution in [0.25, 0.3) is 0 Å². The van der Waals surface area contributed by atoms with E-state index < -0.39 is 5.60 Å². The summed E-state index contributed by atoms with van der Waals surface area (Å²) < 4.78 is 5.56. The molecule has 88 valence electrons. The monoisotopic (exact) mass is 212 g/mol. The third kappa shape index (κ3) is 2.60. The summed E-state index contributed by atoms with van der Waals surface area (Å²) in [5.41, 5.74) is -0.456. The van der Waals surface area contributed by atoms with Gasteiger partial charge in [0.05, 0.1) is 0 Å². The third-order valence-corrected chi connectivity index (χ3v) is 3.98. The molecule has 2 nitrogen and oxygen atoms in total. The highest BCUT2D eigenvalue weighted by atomic mass is 16.5. The van der Waals surface area contributed by atoms with Crippen molar-refractivity contribution in [2.75, 3.05) is 7.11 Å². The lowest BCUT2D eigenvalue weighted by Crippen LogP contribution is -2.46. The number of rotatable bonds is 4. The predicted octanol–water partition coefficient (Wildman–Crippen LogP) is 3.20. The van der Waals surface area contributed by atoms with Crippen LogP contribution in [0.15, 0.2) is 0 Å². The van der Waals surface area contributed by atoms with Crippen LogP contribution in [0.3, 0.4) is 0 Å². The second-order valence-electron chi connectivity index (χ2n) is 5.05. The van der Waals surface area contributed by atoms with Gasteiger partial charge in [-0.1, -0.05) is 20.8 Å². The molecule has 1 aliphatic rings. The Hall–Kier alpha value is -0.370. The molecule has 0 bridgehead atoms. The number of carbonyl (C=O) groups is 1. The van der Waals surface area contributed by atoms with E-state index in [1.807, 2.05) is 6.92 Å². The molecule has 1 saturated carbocycles. The summed E-state index contributed by atoms with van der Waals surface area (Å²) in [7, 11) is 1.69. The van der Waals surface area contributed by atoms with E-state index in [0.29, 0.717) is 5.78 Å². The molecule has 0 radical (unpaired) electrons. The standard InChI is InChI=1S/C13H24O2/c1-5-11(3)12(14)13(15-4)8-6-10(2)7-9-13/h10-11H,5-9H2,1-4H3. The zero-order valence-corrected chi connectivity index (χ0v) is 10.5. The molecular formula is C13H24O2. The lowest BCUT2D eigenvalue weighted by molar-refractivity contribution is -0.150. The highest BCUT2D eigenvalue weighted by Crippen LogP contribution is 2.37. The summed E-state index contributed by atoms with van der Waals surface area (Å²) in [6.45, 7) is 6.34. The first-order valence-corrected chi connectivity index (χ1v) is 6.15. The maximum absolute atomic E-state index is 12.3. The largest absolute Gasteiger partial charge is 0.370 e. The maximum Gasteiger partial charge on any atom is 0.167 e. The van der Waals surface area contributed by atoms with Gasteiger partial charge in [0.15, 0.2) is 5.78 Å². The van der Waals surface area contributed by atoms with Gasteiger partial charge in [-0.2, -0.15) is 0 Å². The first-order valence-electron chi connectivity index (χ1n) is 6.15. The van der Waals surface area contributed by atoms with Gasteiger partial charge in [0.25, 0.3) is 0 Å². The number of methoxy groups -OCH3 is 1. The minimum atomic E-state index is -0.456. The van der Waals surface area contributed by atoms with Gasteiger partial charge in [0, 0.05) is 13.0 Å². The van der Waals surface area contributed by atoms with Crippen molar-refractivity contribution in [1.29, 1.82) is 0 Å². The highest BCUT2D eigenvalue weighted by Gasteiger charge is 2.42. The average molecular weight is 212 g/mol. The van der Waals surface area contributed by atoms with E-state index >= 15 is 0 Å². The molecule has 0 aromatic carbocycles. The van der Waals surface area contributed by atoms with Crippen molar-refractivity contribution >= 4 is 5.78 Å². The van der Waals surface area contributed by atoms with Crippen LogP contribution in [0.4, 0.5) is 0 Å². The lowest BCUT2D eigenvalue weighted by Gasteiger charge is -2.38. The van der Waals surface area contributed by atoms with E-state index in [2.05, 4.69) is 13.8 Å². The molecule has 0 aromatic heterocycles. The zero-order chi connectivity index (χ0) is 11.5. The summed E-state index contributed by atoms with van der Waals surface area (Å²) in [6.07, 6.45) is 4.98. The van der Waals surface area contributed by atoms with Gasteiger partial charge in [-0.05, 0) is 38.0 Å². The van der Waals surface area contributed by atoms with Crippen molar-refractivity contribution in [3.05, 3.63) is 0 Å². The molecule has 0 saturated heterocycles. The molecule has 2 heteroatoms. The van der Waals surface area contributed by atoms with E-state index in [1.165, 1.54) is 0 Å². The molecule has 0 aromatic rings. The van der Waals surface area contributed by atoms with Crippen LogP contribution >= 0.6 is 0 Å². The molecule has 1 atom stereocenters. The molecule has 15 heavy (non-hydrogen) atoms. The van der Waals surface area contributed by atoms with Gasteiger partial charge in [-0.3, -0.25) is 4.79 Å². The molecule has 0 N–H and O–H groups in total. The molecule has 1 rings (SSSR count). The van der Waals surface area contributed by atoms with Crippen molar-refractivity contribution in [3.63, 3.8) is 0 Å². The summed E-state index contributed by atoms with van der Waals surface area (Å²) >= 11 is 0. The molecule has 1 aliphatic carbocycles. The summed E-state index contributed by atoms with van der Waals surface area (Å²) in [6, 6.07) is 0. The van der Waals surface area contributed by atoms with Crippen molar-refractivity contribution in [2.24, 2.45) is 11.8 Å². The van der Waals surface area contributed by atoms with Crippen molar-refractivity contribution in [1.82, 2.24) is 0 Å². The number of ether oxygens (including phenoxy) is 1. The molecule has 1 unspecified atom stereocenters. The minimum absolute atomic E-state index is 0.137. The number of hydrogen-bond donors (Lipinski definition) is 0. The normalized spacial score (nSPS) is 33.7. The fourth-order valence-corrected chi connectivity index (χ4v) is 2.41. The van der Waals surface area contributed by atoms with Crippen LogP contribution in [-0.2, 0) is 9.53 Å². The first-order chi connectivity index (χ1) is 7.05. The topological polar surface area (TPSA) is 26.3 Å². The Balaban J connectivity index is 2.72. The highest BCUT2D eigenvalue weighted by molar-refractivity contribution is 5.89. The third-order valence-electron chi connectivity index (χ3n) is 3.98. The number of Topliss-reactive ketones (excluding diaryl/α,β-unsaturated/α-hetero) is 1. The van der Waals surface area contributed by atoms with E-state index in [9.17, 15) is 4.79 Å². The molecule has 0 amide bonds. The van der Waals surface area contributed by atoms with E-state index in [-0.39, 0.29) is 5.92 Å². The summed E-state index contributed by atoms with van der Waals surface area (Å²) in [5, 5.41) is 0. The van der Waals surface area contributed by atoms with Crippen molar-refractivity contribution in [3.8, 4) is 0 Å². The van der Waals surface area contributed by atoms with Crippen LogP contribution in [0.1, 0.15) is 52.9 Å². The van der Waals surface area contributed by atoms with E-state index in [4.69, 9.17) is 4.74 Å². The van der Waals surface area contributed by atoms with Crippen molar-refractivity contribution < 1.29 is 9.53 Å². The SMILES string of the molecule is CCC(C)C(=O)C1(OC)CCC(C)CC1. The number of carbonyl (C=O) groups excluding carboxylic acids is 1. The Morgan fingerprint density at radius 3 is 2.40 bits per heavy atom. The molecular weight excluding hydrogens is 188 g/mol. The molecule has 0 spiro atoms. The number of hydrogen-bond acceptors (Lipinski definition) is 2. The molecule has 1 fully saturated rings. The summed E-state index contributed by atoms with van der Waals surface area (Å²) in [5.74, 6) is 1.20.